The zero-order chi connectivity index (χ0) is 12.0. The van der Waals surface area contributed by atoms with E-state index in [4.69, 9.17) is 9.47 Å². The first-order valence-corrected chi connectivity index (χ1v) is 6.60. The minimum absolute atomic E-state index is 0.236. The van der Waals surface area contributed by atoms with Gasteiger partial charge in [0.1, 0.15) is 0 Å². The van der Waals surface area contributed by atoms with Gasteiger partial charge in [0.15, 0.2) is 0 Å². The van der Waals surface area contributed by atoms with Crippen molar-refractivity contribution in [2.75, 3.05) is 19.8 Å². The second kappa shape index (κ2) is 6.58. The van der Waals surface area contributed by atoms with E-state index in [0.717, 1.165) is 32.3 Å². The highest BCUT2D eigenvalue weighted by atomic mass is 16.5. The number of hydrogen-bond donors (Lipinski definition) is 1. The average Bonchev–Trinajstić information content (AvgIpc) is 2.36. The van der Waals surface area contributed by atoms with Gasteiger partial charge in [-0.2, -0.15) is 0 Å². The molecule has 1 rings (SSSR count). The number of rotatable bonds is 6. The molecule has 1 saturated heterocycles. The molecule has 16 heavy (non-hydrogen) atoms. The van der Waals surface area contributed by atoms with Gasteiger partial charge in [0.25, 0.3) is 0 Å². The van der Waals surface area contributed by atoms with Crippen molar-refractivity contribution in [3.05, 3.63) is 0 Å². The van der Waals surface area contributed by atoms with Gasteiger partial charge in [0.05, 0.1) is 18.3 Å². The molecule has 2 unspecified atom stereocenters. The van der Waals surface area contributed by atoms with Gasteiger partial charge in [-0.25, -0.2) is 0 Å². The van der Waals surface area contributed by atoms with Crippen LogP contribution in [0.4, 0.5) is 0 Å². The van der Waals surface area contributed by atoms with Crippen molar-refractivity contribution in [2.45, 2.75) is 58.2 Å². The van der Waals surface area contributed by atoms with E-state index in [1.54, 1.807) is 0 Å². The van der Waals surface area contributed by atoms with E-state index in [2.05, 4.69) is 13.8 Å². The van der Waals surface area contributed by atoms with E-state index < -0.39 is 6.10 Å². The van der Waals surface area contributed by atoms with Crippen LogP contribution in [-0.2, 0) is 9.47 Å². The summed E-state index contributed by atoms with van der Waals surface area (Å²) in [7, 11) is 0. The quantitative estimate of drug-likeness (QED) is 0.761. The van der Waals surface area contributed by atoms with Crippen LogP contribution in [-0.4, -0.2) is 36.6 Å². The van der Waals surface area contributed by atoms with Crippen molar-refractivity contribution in [3.8, 4) is 0 Å². The first-order chi connectivity index (χ1) is 7.70. The van der Waals surface area contributed by atoms with Gasteiger partial charge < -0.3 is 14.6 Å². The van der Waals surface area contributed by atoms with Crippen LogP contribution in [0.5, 0.6) is 0 Å². The lowest BCUT2D eigenvalue weighted by Crippen LogP contribution is -2.50. The highest BCUT2D eigenvalue weighted by Gasteiger charge is 2.40. The summed E-state index contributed by atoms with van der Waals surface area (Å²) < 4.78 is 11.3. The van der Waals surface area contributed by atoms with Crippen LogP contribution in [0.2, 0.25) is 0 Å². The fourth-order valence-electron chi connectivity index (χ4n) is 2.69. The summed E-state index contributed by atoms with van der Waals surface area (Å²) in [5.74, 6) is 0.236. The van der Waals surface area contributed by atoms with Crippen molar-refractivity contribution in [2.24, 2.45) is 5.92 Å². The molecule has 0 aromatic rings. The molecule has 0 aromatic heterocycles. The minimum atomic E-state index is -0.400. The maximum Gasteiger partial charge on any atom is 0.0938 e. The number of aliphatic hydroxyl groups is 1. The standard InChI is InChI=1S/C13H26O3/c1-4-13(5-2,16-6-3)12(14)11-8-7-9-15-10-11/h11-12,14H,4-10H2,1-3H3. The van der Waals surface area contributed by atoms with Gasteiger partial charge in [-0.1, -0.05) is 13.8 Å². The maximum absolute atomic E-state index is 10.5. The van der Waals surface area contributed by atoms with E-state index in [-0.39, 0.29) is 11.5 Å². The largest absolute Gasteiger partial charge is 0.390 e. The summed E-state index contributed by atoms with van der Waals surface area (Å²) in [6, 6.07) is 0. The fraction of sp³-hybridized carbons (Fsp3) is 1.00. The molecule has 0 radical (unpaired) electrons. The topological polar surface area (TPSA) is 38.7 Å². The molecular formula is C13H26O3. The molecule has 1 aliphatic rings. The smallest absolute Gasteiger partial charge is 0.0938 e. The van der Waals surface area contributed by atoms with Gasteiger partial charge in [-0.15, -0.1) is 0 Å². The minimum Gasteiger partial charge on any atom is -0.390 e. The molecule has 3 heteroatoms. The summed E-state index contributed by atoms with van der Waals surface area (Å²) in [5.41, 5.74) is -0.375. The fourth-order valence-corrected chi connectivity index (χ4v) is 2.69. The Morgan fingerprint density at radius 1 is 1.38 bits per heavy atom. The summed E-state index contributed by atoms with van der Waals surface area (Å²) in [4.78, 5) is 0. The van der Waals surface area contributed by atoms with Crippen molar-refractivity contribution in [1.29, 1.82) is 0 Å². The van der Waals surface area contributed by atoms with Crippen molar-refractivity contribution < 1.29 is 14.6 Å². The van der Waals surface area contributed by atoms with Crippen LogP contribution >= 0.6 is 0 Å². The lowest BCUT2D eigenvalue weighted by atomic mass is 9.80. The van der Waals surface area contributed by atoms with E-state index in [9.17, 15) is 5.11 Å². The Hall–Kier alpha value is -0.120. The molecule has 0 spiro atoms. The van der Waals surface area contributed by atoms with Gasteiger partial charge in [0, 0.05) is 19.1 Å². The predicted octanol–water partition coefficient (Wildman–Crippen LogP) is 2.37. The highest BCUT2D eigenvalue weighted by Crippen LogP contribution is 2.32. The summed E-state index contributed by atoms with van der Waals surface area (Å²) in [6.45, 7) is 8.34. The van der Waals surface area contributed by atoms with E-state index in [1.807, 2.05) is 6.92 Å². The van der Waals surface area contributed by atoms with E-state index in [1.165, 1.54) is 0 Å². The van der Waals surface area contributed by atoms with Crippen LogP contribution in [0.1, 0.15) is 46.5 Å². The molecule has 96 valence electrons. The Kier molecular flexibility index (Phi) is 5.73. The maximum atomic E-state index is 10.5. The Morgan fingerprint density at radius 3 is 2.50 bits per heavy atom. The molecule has 1 N–H and O–H groups in total. The molecular weight excluding hydrogens is 204 g/mol. The molecule has 0 aromatic carbocycles. The van der Waals surface area contributed by atoms with E-state index >= 15 is 0 Å². The summed E-state index contributed by atoms with van der Waals surface area (Å²) in [5, 5.41) is 10.5. The molecule has 0 bridgehead atoms. The number of aliphatic hydroxyl groups excluding tert-OH is 1. The molecule has 0 amide bonds. The third-order valence-electron chi connectivity index (χ3n) is 3.81. The predicted molar refractivity (Wildman–Crippen MR) is 64.5 cm³/mol. The first-order valence-electron chi connectivity index (χ1n) is 6.60. The second-order valence-corrected chi connectivity index (χ2v) is 4.63. The van der Waals surface area contributed by atoms with Crippen LogP contribution in [0.15, 0.2) is 0 Å². The number of hydrogen-bond acceptors (Lipinski definition) is 3. The van der Waals surface area contributed by atoms with Gasteiger partial charge in [-0.05, 0) is 32.6 Å². The SMILES string of the molecule is CCOC(CC)(CC)C(O)C1CCCOC1. The summed E-state index contributed by atoms with van der Waals surface area (Å²) in [6.07, 6.45) is 3.42. The lowest BCUT2D eigenvalue weighted by molar-refractivity contribution is -0.158. The Bertz CT molecular complexity index is 184. The average molecular weight is 230 g/mol. The highest BCUT2D eigenvalue weighted by molar-refractivity contribution is 4.91. The van der Waals surface area contributed by atoms with Crippen LogP contribution in [0.25, 0.3) is 0 Å². The normalized spacial score (nSPS) is 24.4. The molecule has 0 saturated carbocycles. The Morgan fingerprint density at radius 2 is 2.06 bits per heavy atom. The van der Waals surface area contributed by atoms with E-state index in [0.29, 0.717) is 13.2 Å². The second-order valence-electron chi connectivity index (χ2n) is 4.63. The van der Waals surface area contributed by atoms with Gasteiger partial charge >= 0.3 is 0 Å². The molecule has 1 aliphatic heterocycles. The third-order valence-corrected chi connectivity index (χ3v) is 3.81. The van der Waals surface area contributed by atoms with Crippen LogP contribution in [0.3, 0.4) is 0 Å². The molecule has 0 aliphatic carbocycles. The van der Waals surface area contributed by atoms with Crippen molar-refractivity contribution in [3.63, 3.8) is 0 Å². The number of ether oxygens (including phenoxy) is 2. The third kappa shape index (κ3) is 2.96. The van der Waals surface area contributed by atoms with Crippen molar-refractivity contribution in [1.82, 2.24) is 0 Å². The molecule has 1 heterocycles. The first kappa shape index (κ1) is 13.9. The lowest BCUT2D eigenvalue weighted by Gasteiger charge is -2.41. The molecule has 3 nitrogen and oxygen atoms in total. The van der Waals surface area contributed by atoms with Gasteiger partial charge in [0.2, 0.25) is 0 Å². The zero-order valence-corrected chi connectivity index (χ0v) is 10.9. The zero-order valence-electron chi connectivity index (χ0n) is 10.9. The van der Waals surface area contributed by atoms with Gasteiger partial charge in [-0.3, -0.25) is 0 Å². The molecule has 1 fully saturated rings. The van der Waals surface area contributed by atoms with Crippen LogP contribution in [0, 0.1) is 5.92 Å². The molecule has 2 atom stereocenters. The Balaban J connectivity index is 2.67. The summed E-state index contributed by atoms with van der Waals surface area (Å²) >= 11 is 0. The Labute approximate surface area is 99.1 Å². The monoisotopic (exact) mass is 230 g/mol. The van der Waals surface area contributed by atoms with Crippen LogP contribution < -0.4 is 0 Å². The van der Waals surface area contributed by atoms with Crippen molar-refractivity contribution >= 4 is 0 Å².